The van der Waals surface area contributed by atoms with Crippen LogP contribution in [0.4, 0.5) is 5.82 Å². The molecule has 0 aliphatic heterocycles. The van der Waals surface area contributed by atoms with Crippen LogP contribution in [0.25, 0.3) is 11.4 Å². The van der Waals surface area contributed by atoms with E-state index in [0.29, 0.717) is 6.54 Å². The second kappa shape index (κ2) is 6.70. The van der Waals surface area contributed by atoms with Gasteiger partial charge in [0.1, 0.15) is 17.4 Å². The summed E-state index contributed by atoms with van der Waals surface area (Å²) in [6, 6.07) is 11.9. The molecule has 0 N–H and O–H groups in total. The van der Waals surface area contributed by atoms with Crippen LogP contribution >= 0.6 is 0 Å². The summed E-state index contributed by atoms with van der Waals surface area (Å²) in [7, 11) is 5.62. The molecular formula is C18H21N5O. The van der Waals surface area contributed by atoms with Crippen LogP contribution in [0.1, 0.15) is 11.4 Å². The third-order valence-electron chi connectivity index (χ3n) is 3.74. The van der Waals surface area contributed by atoms with E-state index in [0.717, 1.165) is 34.3 Å². The lowest BCUT2D eigenvalue weighted by Gasteiger charge is -2.16. The number of pyridine rings is 1. The summed E-state index contributed by atoms with van der Waals surface area (Å²) < 4.78 is 7.35. The van der Waals surface area contributed by atoms with E-state index in [2.05, 4.69) is 15.1 Å². The lowest BCUT2D eigenvalue weighted by atomic mass is 10.2. The van der Waals surface area contributed by atoms with Gasteiger partial charge >= 0.3 is 0 Å². The second-order valence-corrected chi connectivity index (χ2v) is 5.72. The molecule has 24 heavy (non-hydrogen) atoms. The third-order valence-corrected chi connectivity index (χ3v) is 3.74. The van der Waals surface area contributed by atoms with Crippen molar-refractivity contribution in [1.29, 1.82) is 0 Å². The molecule has 6 nitrogen and oxygen atoms in total. The lowest BCUT2D eigenvalue weighted by Crippen LogP contribution is -2.13. The highest BCUT2D eigenvalue weighted by Crippen LogP contribution is 2.27. The molecule has 2 aromatic heterocycles. The van der Waals surface area contributed by atoms with E-state index >= 15 is 0 Å². The number of aromatic nitrogens is 4. The van der Waals surface area contributed by atoms with Gasteiger partial charge in [0.05, 0.1) is 19.2 Å². The van der Waals surface area contributed by atoms with E-state index in [-0.39, 0.29) is 0 Å². The molecule has 0 bridgehead atoms. The van der Waals surface area contributed by atoms with Crippen LogP contribution in [0.5, 0.6) is 5.75 Å². The number of ether oxygens (including phenoxy) is 1. The summed E-state index contributed by atoms with van der Waals surface area (Å²) in [6.45, 7) is 2.48. The fraction of sp³-hybridized carbons (Fsp3) is 0.278. The number of hydrogen-bond acceptors (Lipinski definition) is 5. The van der Waals surface area contributed by atoms with Crippen LogP contribution in [0.15, 0.2) is 42.6 Å². The molecule has 124 valence electrons. The van der Waals surface area contributed by atoms with E-state index < -0.39 is 0 Å². The first kappa shape index (κ1) is 16.0. The second-order valence-electron chi connectivity index (χ2n) is 5.72. The van der Waals surface area contributed by atoms with Gasteiger partial charge in [-0.3, -0.25) is 0 Å². The summed E-state index contributed by atoms with van der Waals surface area (Å²) in [5.74, 6) is 3.24. The van der Waals surface area contributed by atoms with E-state index in [4.69, 9.17) is 4.74 Å². The Labute approximate surface area is 141 Å². The molecule has 0 aliphatic carbocycles. The molecule has 0 spiro atoms. The first-order valence-corrected chi connectivity index (χ1v) is 7.76. The van der Waals surface area contributed by atoms with Gasteiger partial charge < -0.3 is 9.64 Å². The standard InChI is InChI=1S/C18H21N5O/c1-13-20-18(15-9-7-11-19-17(15)22(2)3)23(21-13)12-14-8-5-6-10-16(14)24-4/h5-11H,12H2,1-4H3. The van der Waals surface area contributed by atoms with Crippen LogP contribution < -0.4 is 9.64 Å². The number of anilines is 1. The Kier molecular flexibility index (Phi) is 4.46. The summed E-state index contributed by atoms with van der Waals surface area (Å²) >= 11 is 0. The van der Waals surface area contributed by atoms with Crippen molar-refractivity contribution in [3.05, 3.63) is 54.0 Å². The monoisotopic (exact) mass is 323 g/mol. The highest BCUT2D eigenvalue weighted by Gasteiger charge is 2.17. The van der Waals surface area contributed by atoms with Crippen molar-refractivity contribution >= 4 is 5.82 Å². The van der Waals surface area contributed by atoms with Crippen molar-refractivity contribution < 1.29 is 4.74 Å². The lowest BCUT2D eigenvalue weighted by molar-refractivity contribution is 0.407. The minimum atomic E-state index is 0.585. The van der Waals surface area contributed by atoms with E-state index in [1.807, 2.05) is 67.0 Å². The fourth-order valence-electron chi connectivity index (χ4n) is 2.69. The largest absolute Gasteiger partial charge is 0.496 e. The van der Waals surface area contributed by atoms with E-state index in [1.54, 1.807) is 13.3 Å². The Hall–Kier alpha value is -2.89. The van der Waals surface area contributed by atoms with Gasteiger partial charge in [0, 0.05) is 25.9 Å². The predicted molar refractivity (Wildman–Crippen MR) is 94.4 cm³/mol. The molecule has 3 aromatic rings. The van der Waals surface area contributed by atoms with Crippen LogP contribution in [-0.2, 0) is 6.54 Å². The van der Waals surface area contributed by atoms with Crippen LogP contribution in [0, 0.1) is 6.92 Å². The highest BCUT2D eigenvalue weighted by atomic mass is 16.5. The zero-order valence-corrected chi connectivity index (χ0v) is 14.4. The number of benzene rings is 1. The van der Waals surface area contributed by atoms with Crippen molar-refractivity contribution in [3.63, 3.8) is 0 Å². The molecule has 3 rings (SSSR count). The molecule has 0 saturated heterocycles. The summed E-state index contributed by atoms with van der Waals surface area (Å²) in [4.78, 5) is 11.1. The smallest absolute Gasteiger partial charge is 0.162 e. The molecule has 1 aromatic carbocycles. The minimum Gasteiger partial charge on any atom is -0.496 e. The quantitative estimate of drug-likeness (QED) is 0.722. The summed E-state index contributed by atoms with van der Waals surface area (Å²) in [5.41, 5.74) is 2.01. The SMILES string of the molecule is COc1ccccc1Cn1nc(C)nc1-c1cccnc1N(C)C. The summed E-state index contributed by atoms with van der Waals surface area (Å²) in [6.07, 6.45) is 1.78. The number of para-hydroxylation sites is 1. The Morgan fingerprint density at radius 1 is 1.12 bits per heavy atom. The maximum absolute atomic E-state index is 5.45. The Bertz CT molecular complexity index is 841. The van der Waals surface area contributed by atoms with Crippen molar-refractivity contribution in [3.8, 4) is 17.1 Å². The molecule has 0 unspecified atom stereocenters. The van der Waals surface area contributed by atoms with Crippen LogP contribution in [0.3, 0.4) is 0 Å². The maximum Gasteiger partial charge on any atom is 0.162 e. The van der Waals surface area contributed by atoms with Gasteiger partial charge in [-0.1, -0.05) is 18.2 Å². The molecule has 0 aliphatic rings. The number of aryl methyl sites for hydroxylation is 1. The molecule has 6 heteroatoms. The normalized spacial score (nSPS) is 10.7. The van der Waals surface area contributed by atoms with Crippen LogP contribution in [0.2, 0.25) is 0 Å². The molecule has 0 saturated carbocycles. The third kappa shape index (κ3) is 3.08. The van der Waals surface area contributed by atoms with Gasteiger partial charge in [-0.2, -0.15) is 5.10 Å². The van der Waals surface area contributed by atoms with Gasteiger partial charge in [-0.25, -0.2) is 14.6 Å². The molecule has 0 fully saturated rings. The van der Waals surface area contributed by atoms with Crippen molar-refractivity contribution in [2.75, 3.05) is 26.1 Å². The fourth-order valence-corrected chi connectivity index (χ4v) is 2.69. The minimum absolute atomic E-state index is 0.585. The van der Waals surface area contributed by atoms with E-state index in [1.165, 1.54) is 0 Å². The van der Waals surface area contributed by atoms with Crippen molar-refractivity contribution in [1.82, 2.24) is 19.7 Å². The predicted octanol–water partition coefficient (Wildman–Crippen LogP) is 2.77. The Morgan fingerprint density at radius 2 is 1.92 bits per heavy atom. The number of nitrogens with zero attached hydrogens (tertiary/aromatic N) is 5. The van der Waals surface area contributed by atoms with Crippen molar-refractivity contribution in [2.24, 2.45) is 0 Å². The van der Waals surface area contributed by atoms with Gasteiger partial charge in [0.15, 0.2) is 5.82 Å². The first-order valence-electron chi connectivity index (χ1n) is 7.76. The maximum atomic E-state index is 5.45. The average Bonchev–Trinajstić information content (AvgIpc) is 2.95. The van der Waals surface area contributed by atoms with E-state index in [9.17, 15) is 0 Å². The number of hydrogen-bond donors (Lipinski definition) is 0. The molecule has 2 heterocycles. The van der Waals surface area contributed by atoms with Gasteiger partial charge in [-0.05, 0) is 25.1 Å². The van der Waals surface area contributed by atoms with Crippen LogP contribution in [-0.4, -0.2) is 41.0 Å². The zero-order chi connectivity index (χ0) is 17.1. The average molecular weight is 323 g/mol. The van der Waals surface area contributed by atoms with Gasteiger partial charge in [0.2, 0.25) is 0 Å². The number of rotatable bonds is 5. The highest BCUT2D eigenvalue weighted by molar-refractivity contribution is 5.70. The first-order chi connectivity index (χ1) is 11.6. The molecule has 0 atom stereocenters. The molecule has 0 amide bonds. The zero-order valence-electron chi connectivity index (χ0n) is 14.4. The van der Waals surface area contributed by atoms with Crippen molar-refractivity contribution in [2.45, 2.75) is 13.5 Å². The summed E-state index contributed by atoms with van der Waals surface area (Å²) in [5, 5.41) is 4.56. The number of methoxy groups -OCH3 is 1. The molecule has 0 radical (unpaired) electrons. The van der Waals surface area contributed by atoms with Gasteiger partial charge in [0.25, 0.3) is 0 Å². The Morgan fingerprint density at radius 3 is 2.67 bits per heavy atom. The van der Waals surface area contributed by atoms with Gasteiger partial charge in [-0.15, -0.1) is 0 Å². The Balaban J connectivity index is 2.06. The topological polar surface area (TPSA) is 56.1 Å². The molecular weight excluding hydrogens is 302 g/mol.